The molecule has 0 radical (unpaired) electrons. The monoisotopic (exact) mass is 346 g/mol. The van der Waals surface area contributed by atoms with Gasteiger partial charge in [-0.25, -0.2) is 9.97 Å². The Morgan fingerprint density at radius 3 is 3.00 bits per heavy atom. The number of hydrogen-bond acceptors (Lipinski definition) is 6. The Bertz CT molecular complexity index is 645. The fourth-order valence-corrected chi connectivity index (χ4v) is 3.70. The highest BCUT2D eigenvalue weighted by Gasteiger charge is 2.18. The second-order valence-corrected chi connectivity index (χ2v) is 6.96. The van der Waals surface area contributed by atoms with Crippen molar-refractivity contribution in [2.75, 3.05) is 25.0 Å². The highest BCUT2D eigenvalue weighted by atomic mass is 32.1. The van der Waals surface area contributed by atoms with Crippen LogP contribution in [0.3, 0.4) is 0 Å². The van der Waals surface area contributed by atoms with Gasteiger partial charge in [0.15, 0.2) is 5.82 Å². The number of fused-ring (bicyclic) bond motifs is 1. The van der Waals surface area contributed by atoms with E-state index in [4.69, 9.17) is 14.7 Å². The average Bonchev–Trinajstić information content (AvgIpc) is 2.95. The van der Waals surface area contributed by atoms with Crippen LogP contribution in [0, 0.1) is 0 Å². The van der Waals surface area contributed by atoms with Crippen LogP contribution in [0.1, 0.15) is 36.5 Å². The summed E-state index contributed by atoms with van der Waals surface area (Å²) in [6.45, 7) is 7.32. The highest BCUT2D eigenvalue weighted by molar-refractivity contribution is 7.07. The summed E-state index contributed by atoms with van der Waals surface area (Å²) in [6, 6.07) is 2.52. The van der Waals surface area contributed by atoms with Crippen LogP contribution in [0.25, 0.3) is 0 Å². The first-order chi connectivity index (χ1) is 11.8. The molecule has 0 fully saturated rings. The summed E-state index contributed by atoms with van der Waals surface area (Å²) in [5.74, 6) is 1.77. The zero-order chi connectivity index (χ0) is 16.8. The van der Waals surface area contributed by atoms with E-state index in [1.54, 1.807) is 11.3 Å². The molecule has 0 saturated heterocycles. The Balaban J connectivity index is 1.80. The molecule has 130 valence electrons. The van der Waals surface area contributed by atoms with E-state index >= 15 is 0 Å². The summed E-state index contributed by atoms with van der Waals surface area (Å²) in [6.07, 6.45) is 2.92. The summed E-state index contributed by atoms with van der Waals surface area (Å²) in [5.41, 5.74) is 3.80. The van der Waals surface area contributed by atoms with Crippen molar-refractivity contribution in [2.45, 2.75) is 45.8 Å². The zero-order valence-corrected chi connectivity index (χ0v) is 15.3. The van der Waals surface area contributed by atoms with E-state index in [2.05, 4.69) is 34.4 Å². The maximum atomic E-state index is 5.52. The van der Waals surface area contributed by atoms with Gasteiger partial charge in [-0.3, -0.25) is 0 Å². The summed E-state index contributed by atoms with van der Waals surface area (Å²) >= 11 is 1.75. The summed E-state index contributed by atoms with van der Waals surface area (Å²) < 4.78 is 5.52. The molecule has 0 unspecified atom stereocenters. The molecule has 6 heteroatoms. The Labute approximate surface area is 147 Å². The van der Waals surface area contributed by atoms with Crippen molar-refractivity contribution in [1.29, 1.82) is 0 Å². The largest absolute Gasteiger partial charge is 0.374 e. The van der Waals surface area contributed by atoms with E-state index in [9.17, 15) is 0 Å². The van der Waals surface area contributed by atoms with E-state index in [0.717, 1.165) is 49.7 Å². The third-order valence-corrected chi connectivity index (χ3v) is 4.90. The van der Waals surface area contributed by atoms with Crippen LogP contribution in [-0.4, -0.2) is 35.7 Å². The lowest BCUT2D eigenvalue weighted by molar-refractivity contribution is 0.128. The normalized spacial score (nSPS) is 15.6. The highest BCUT2D eigenvalue weighted by Crippen LogP contribution is 2.22. The van der Waals surface area contributed by atoms with Gasteiger partial charge in [0.2, 0.25) is 0 Å². The van der Waals surface area contributed by atoms with Crippen LogP contribution >= 0.6 is 11.3 Å². The van der Waals surface area contributed by atoms with Gasteiger partial charge in [0.25, 0.3) is 0 Å². The number of nitrogens with one attached hydrogen (secondary N) is 2. The molecule has 3 heterocycles. The molecule has 0 aliphatic carbocycles. The Morgan fingerprint density at radius 1 is 1.33 bits per heavy atom. The van der Waals surface area contributed by atoms with Gasteiger partial charge in [0.05, 0.1) is 5.69 Å². The van der Waals surface area contributed by atoms with E-state index in [0.29, 0.717) is 19.3 Å². The van der Waals surface area contributed by atoms with Crippen molar-refractivity contribution < 1.29 is 4.74 Å². The van der Waals surface area contributed by atoms with Crippen LogP contribution in [0.4, 0.5) is 5.82 Å². The molecule has 0 bridgehead atoms. The average molecular weight is 347 g/mol. The van der Waals surface area contributed by atoms with Crippen molar-refractivity contribution in [3.05, 3.63) is 39.5 Å². The number of rotatable bonds is 7. The molecular weight excluding hydrogens is 320 g/mol. The predicted molar refractivity (Wildman–Crippen MR) is 98.7 cm³/mol. The van der Waals surface area contributed by atoms with Crippen LogP contribution in [0.2, 0.25) is 0 Å². The van der Waals surface area contributed by atoms with Gasteiger partial charge >= 0.3 is 0 Å². The van der Waals surface area contributed by atoms with Gasteiger partial charge in [-0.05, 0) is 55.6 Å². The fourth-order valence-electron chi connectivity index (χ4n) is 3.02. The molecule has 2 aromatic heterocycles. The molecule has 3 rings (SSSR count). The third-order valence-electron chi connectivity index (χ3n) is 4.17. The standard InChI is InChI=1S/C18H26N4OS/c1-3-23-11-17-21-16-5-8-19-7-4-15(16)18(22-17)20-13(2)10-14-6-9-24-12-14/h6,9,12-13,19H,3-5,7-8,10-11H2,1-2H3,(H,20,21,22)/t13-/m1/s1. The lowest BCUT2D eigenvalue weighted by atomic mass is 10.1. The summed E-state index contributed by atoms with van der Waals surface area (Å²) in [4.78, 5) is 9.50. The molecule has 0 aromatic carbocycles. The van der Waals surface area contributed by atoms with Gasteiger partial charge in [0, 0.05) is 31.2 Å². The van der Waals surface area contributed by atoms with E-state index < -0.39 is 0 Å². The van der Waals surface area contributed by atoms with Gasteiger partial charge in [-0.15, -0.1) is 0 Å². The molecular formula is C18H26N4OS. The Kier molecular flexibility index (Phi) is 6.18. The Morgan fingerprint density at radius 2 is 2.21 bits per heavy atom. The first-order valence-corrected chi connectivity index (χ1v) is 9.65. The number of aromatic nitrogens is 2. The second kappa shape index (κ2) is 8.55. The molecule has 2 aromatic rings. The topological polar surface area (TPSA) is 59.1 Å². The number of hydrogen-bond donors (Lipinski definition) is 2. The summed E-state index contributed by atoms with van der Waals surface area (Å²) in [5, 5.41) is 11.4. The van der Waals surface area contributed by atoms with Crippen molar-refractivity contribution in [1.82, 2.24) is 15.3 Å². The molecule has 1 aliphatic heterocycles. The van der Waals surface area contributed by atoms with Crippen molar-refractivity contribution >= 4 is 17.2 Å². The van der Waals surface area contributed by atoms with Crippen LogP contribution in [0.5, 0.6) is 0 Å². The smallest absolute Gasteiger partial charge is 0.156 e. The van der Waals surface area contributed by atoms with Gasteiger partial charge in [-0.2, -0.15) is 11.3 Å². The number of thiophene rings is 1. The quantitative estimate of drug-likeness (QED) is 0.807. The van der Waals surface area contributed by atoms with Gasteiger partial charge in [0.1, 0.15) is 12.4 Å². The molecule has 0 saturated carbocycles. The minimum atomic E-state index is 0.328. The molecule has 24 heavy (non-hydrogen) atoms. The lowest BCUT2D eigenvalue weighted by Crippen LogP contribution is -2.22. The maximum absolute atomic E-state index is 5.52. The first-order valence-electron chi connectivity index (χ1n) is 8.71. The number of ether oxygens (including phenoxy) is 1. The molecule has 0 spiro atoms. The minimum absolute atomic E-state index is 0.328. The minimum Gasteiger partial charge on any atom is -0.374 e. The van der Waals surface area contributed by atoms with Crippen molar-refractivity contribution in [3.8, 4) is 0 Å². The van der Waals surface area contributed by atoms with Crippen molar-refractivity contribution in [2.24, 2.45) is 0 Å². The summed E-state index contributed by atoms with van der Waals surface area (Å²) in [7, 11) is 0. The maximum Gasteiger partial charge on any atom is 0.156 e. The SMILES string of the molecule is CCOCc1nc2c(c(N[C@H](C)Cc3ccsc3)n1)CCNCC2. The molecule has 2 N–H and O–H groups in total. The first kappa shape index (κ1) is 17.3. The number of nitrogens with zero attached hydrogens (tertiary/aromatic N) is 2. The van der Waals surface area contributed by atoms with Gasteiger partial charge in [-0.1, -0.05) is 0 Å². The van der Waals surface area contributed by atoms with Crippen LogP contribution < -0.4 is 10.6 Å². The number of anilines is 1. The zero-order valence-electron chi connectivity index (χ0n) is 14.5. The van der Waals surface area contributed by atoms with E-state index in [1.165, 1.54) is 11.1 Å². The molecule has 1 atom stereocenters. The van der Waals surface area contributed by atoms with Crippen molar-refractivity contribution in [3.63, 3.8) is 0 Å². The second-order valence-electron chi connectivity index (χ2n) is 6.18. The predicted octanol–water partition coefficient (Wildman–Crippen LogP) is 2.81. The molecule has 1 aliphatic rings. The van der Waals surface area contributed by atoms with E-state index in [1.807, 2.05) is 6.92 Å². The van der Waals surface area contributed by atoms with Gasteiger partial charge < -0.3 is 15.4 Å². The van der Waals surface area contributed by atoms with E-state index in [-0.39, 0.29) is 0 Å². The van der Waals surface area contributed by atoms with Crippen LogP contribution in [-0.2, 0) is 30.6 Å². The molecule has 0 amide bonds. The van der Waals surface area contributed by atoms with Crippen LogP contribution in [0.15, 0.2) is 16.8 Å². The lowest BCUT2D eigenvalue weighted by Gasteiger charge is -2.19. The fraction of sp³-hybridized carbons (Fsp3) is 0.556. The molecule has 5 nitrogen and oxygen atoms in total. The Hall–Kier alpha value is -1.50. The third kappa shape index (κ3) is 4.53.